The van der Waals surface area contributed by atoms with E-state index in [2.05, 4.69) is 38.9 Å². The van der Waals surface area contributed by atoms with Crippen molar-refractivity contribution >= 4 is 5.82 Å². The molecule has 1 fully saturated rings. The van der Waals surface area contributed by atoms with E-state index in [4.69, 9.17) is 0 Å². The Hall–Kier alpha value is -1.97. The van der Waals surface area contributed by atoms with E-state index < -0.39 is 0 Å². The predicted octanol–water partition coefficient (Wildman–Crippen LogP) is 2.87. The molecule has 0 amide bonds. The summed E-state index contributed by atoms with van der Waals surface area (Å²) in [4.78, 5) is 15.4. The van der Waals surface area contributed by atoms with E-state index in [9.17, 15) is 0 Å². The number of pyridine rings is 1. The number of anilines is 1. The first-order valence-corrected chi connectivity index (χ1v) is 7.19. The number of rotatable bonds is 2. The highest BCUT2D eigenvalue weighted by atomic mass is 15.2. The van der Waals surface area contributed by atoms with Crippen LogP contribution in [0.15, 0.2) is 30.6 Å². The molecule has 20 heavy (non-hydrogen) atoms. The van der Waals surface area contributed by atoms with Gasteiger partial charge in [0, 0.05) is 37.1 Å². The molecule has 0 bridgehead atoms. The Labute approximate surface area is 119 Å². The molecule has 3 heterocycles. The van der Waals surface area contributed by atoms with Crippen molar-refractivity contribution in [2.24, 2.45) is 0 Å². The van der Waals surface area contributed by atoms with Crippen molar-refractivity contribution in [3.05, 3.63) is 47.7 Å². The first kappa shape index (κ1) is 13.0. The zero-order chi connectivity index (χ0) is 13.9. The Morgan fingerprint density at radius 3 is 2.80 bits per heavy atom. The number of piperidine rings is 1. The molecule has 0 spiro atoms. The lowest BCUT2D eigenvalue weighted by molar-refractivity contribution is 0.506. The lowest BCUT2D eigenvalue weighted by Crippen LogP contribution is -2.35. The molecule has 0 aliphatic carbocycles. The highest BCUT2D eigenvalue weighted by molar-refractivity contribution is 5.39. The number of hydrogen-bond donors (Lipinski definition) is 0. The number of nitrogens with zero attached hydrogens (tertiary/aromatic N) is 4. The van der Waals surface area contributed by atoms with E-state index in [1.165, 1.54) is 18.4 Å². The normalized spacial score (nSPS) is 19.1. The van der Waals surface area contributed by atoms with E-state index in [-0.39, 0.29) is 0 Å². The van der Waals surface area contributed by atoms with Gasteiger partial charge in [0.1, 0.15) is 11.6 Å². The van der Waals surface area contributed by atoms with Gasteiger partial charge in [0.2, 0.25) is 0 Å². The summed E-state index contributed by atoms with van der Waals surface area (Å²) < 4.78 is 0. The average molecular weight is 268 g/mol. The third-order valence-electron chi connectivity index (χ3n) is 3.90. The maximum atomic E-state index is 4.54. The van der Waals surface area contributed by atoms with E-state index in [0.717, 1.165) is 30.4 Å². The summed E-state index contributed by atoms with van der Waals surface area (Å²) in [5, 5.41) is 0. The molecule has 1 atom stereocenters. The van der Waals surface area contributed by atoms with Gasteiger partial charge in [0.15, 0.2) is 0 Å². The summed E-state index contributed by atoms with van der Waals surface area (Å²) in [6.07, 6.45) is 6.20. The lowest BCUT2D eigenvalue weighted by atomic mass is 9.91. The quantitative estimate of drug-likeness (QED) is 0.840. The molecule has 1 saturated heterocycles. The molecule has 2 aromatic heterocycles. The van der Waals surface area contributed by atoms with Gasteiger partial charge in [-0.2, -0.15) is 0 Å². The van der Waals surface area contributed by atoms with E-state index >= 15 is 0 Å². The second kappa shape index (κ2) is 5.57. The zero-order valence-electron chi connectivity index (χ0n) is 12.1. The van der Waals surface area contributed by atoms with Crippen molar-refractivity contribution in [1.29, 1.82) is 0 Å². The first-order chi connectivity index (χ1) is 9.72. The van der Waals surface area contributed by atoms with Gasteiger partial charge in [0.05, 0.1) is 0 Å². The highest BCUT2D eigenvalue weighted by Crippen LogP contribution is 2.29. The first-order valence-electron chi connectivity index (χ1n) is 7.19. The van der Waals surface area contributed by atoms with Crippen LogP contribution in [0.4, 0.5) is 5.82 Å². The van der Waals surface area contributed by atoms with Crippen molar-refractivity contribution < 1.29 is 0 Å². The van der Waals surface area contributed by atoms with Gasteiger partial charge in [-0.3, -0.25) is 4.98 Å². The average Bonchev–Trinajstić information content (AvgIpc) is 2.47. The Bertz CT molecular complexity index is 545. The summed E-state index contributed by atoms with van der Waals surface area (Å²) >= 11 is 0. The molecule has 4 heteroatoms. The summed E-state index contributed by atoms with van der Waals surface area (Å²) in [6, 6.07) is 6.36. The van der Waals surface area contributed by atoms with E-state index in [1.807, 2.05) is 25.4 Å². The van der Waals surface area contributed by atoms with Crippen molar-refractivity contribution in [1.82, 2.24) is 15.0 Å². The molecule has 0 radical (unpaired) electrons. The van der Waals surface area contributed by atoms with Gasteiger partial charge >= 0.3 is 0 Å². The van der Waals surface area contributed by atoms with E-state index in [1.54, 1.807) is 0 Å². The molecule has 0 aromatic carbocycles. The molecule has 0 N–H and O–H groups in total. The van der Waals surface area contributed by atoms with Crippen LogP contribution in [0.3, 0.4) is 0 Å². The monoisotopic (exact) mass is 268 g/mol. The third kappa shape index (κ3) is 2.79. The highest BCUT2D eigenvalue weighted by Gasteiger charge is 2.22. The molecule has 3 rings (SSSR count). The van der Waals surface area contributed by atoms with Crippen LogP contribution in [0.2, 0.25) is 0 Å². The second-order valence-electron chi connectivity index (χ2n) is 5.48. The van der Waals surface area contributed by atoms with Crippen LogP contribution < -0.4 is 4.90 Å². The van der Waals surface area contributed by atoms with Gasteiger partial charge in [-0.15, -0.1) is 0 Å². The van der Waals surface area contributed by atoms with Gasteiger partial charge in [-0.05, 0) is 50.5 Å². The van der Waals surface area contributed by atoms with Gasteiger partial charge in [-0.25, -0.2) is 9.97 Å². The van der Waals surface area contributed by atoms with Gasteiger partial charge in [0.25, 0.3) is 0 Å². The fraction of sp³-hybridized carbons (Fsp3) is 0.438. The topological polar surface area (TPSA) is 41.9 Å². The minimum Gasteiger partial charge on any atom is -0.356 e. The molecule has 0 saturated carbocycles. The minimum absolute atomic E-state index is 0.570. The van der Waals surface area contributed by atoms with E-state index in [0.29, 0.717) is 5.92 Å². The largest absolute Gasteiger partial charge is 0.356 e. The Morgan fingerprint density at radius 1 is 1.15 bits per heavy atom. The number of aromatic nitrogens is 3. The summed E-state index contributed by atoms with van der Waals surface area (Å²) in [7, 11) is 0. The van der Waals surface area contributed by atoms with Gasteiger partial charge < -0.3 is 4.90 Å². The predicted molar refractivity (Wildman–Crippen MR) is 79.9 cm³/mol. The molecule has 4 nitrogen and oxygen atoms in total. The summed E-state index contributed by atoms with van der Waals surface area (Å²) in [5.41, 5.74) is 2.49. The van der Waals surface area contributed by atoms with Gasteiger partial charge in [-0.1, -0.05) is 0 Å². The van der Waals surface area contributed by atoms with Crippen molar-refractivity contribution in [3.8, 4) is 0 Å². The van der Waals surface area contributed by atoms with Crippen LogP contribution in [0, 0.1) is 13.8 Å². The maximum Gasteiger partial charge on any atom is 0.132 e. The van der Waals surface area contributed by atoms with Crippen LogP contribution in [0.5, 0.6) is 0 Å². The molecular formula is C16H20N4. The smallest absolute Gasteiger partial charge is 0.132 e. The van der Waals surface area contributed by atoms with Crippen LogP contribution in [0.1, 0.15) is 35.8 Å². The Balaban J connectivity index is 1.80. The Morgan fingerprint density at radius 2 is 2.00 bits per heavy atom. The van der Waals surface area contributed by atoms with Crippen LogP contribution in [-0.2, 0) is 0 Å². The third-order valence-corrected chi connectivity index (χ3v) is 3.90. The molecule has 0 unspecified atom stereocenters. The zero-order valence-corrected chi connectivity index (χ0v) is 12.1. The van der Waals surface area contributed by atoms with Crippen LogP contribution >= 0.6 is 0 Å². The van der Waals surface area contributed by atoms with Crippen molar-refractivity contribution in [3.63, 3.8) is 0 Å². The SMILES string of the molecule is Cc1cc([C@@H]2CCCN(c3ccnc(C)n3)C2)ccn1. The molecule has 2 aromatic rings. The number of hydrogen-bond acceptors (Lipinski definition) is 4. The minimum atomic E-state index is 0.570. The fourth-order valence-corrected chi connectivity index (χ4v) is 2.90. The lowest BCUT2D eigenvalue weighted by Gasteiger charge is -2.34. The molecule has 1 aliphatic rings. The van der Waals surface area contributed by atoms with Crippen LogP contribution in [0.25, 0.3) is 0 Å². The summed E-state index contributed by atoms with van der Waals surface area (Å²) in [5.74, 6) is 2.46. The molecule has 104 valence electrons. The van der Waals surface area contributed by atoms with Crippen molar-refractivity contribution in [2.45, 2.75) is 32.6 Å². The second-order valence-corrected chi connectivity index (χ2v) is 5.48. The Kier molecular flexibility index (Phi) is 3.63. The molecular weight excluding hydrogens is 248 g/mol. The molecule has 1 aliphatic heterocycles. The van der Waals surface area contributed by atoms with Crippen molar-refractivity contribution in [2.75, 3.05) is 18.0 Å². The number of aryl methyl sites for hydroxylation is 2. The fourth-order valence-electron chi connectivity index (χ4n) is 2.90. The van der Waals surface area contributed by atoms with Crippen LogP contribution in [-0.4, -0.2) is 28.0 Å². The maximum absolute atomic E-state index is 4.54. The standard InChI is InChI=1S/C16H20N4/c1-12-10-14(5-7-17-12)15-4-3-9-20(11-15)16-6-8-18-13(2)19-16/h5-8,10,15H,3-4,9,11H2,1-2H3/t15-/m1/s1. The summed E-state index contributed by atoms with van der Waals surface area (Å²) in [6.45, 7) is 6.10.